The minimum Gasteiger partial charge on any atom is -0.507 e. The largest absolute Gasteiger partial charge is 0.507 e. The highest BCUT2D eigenvalue weighted by Gasteiger charge is 2.09. The highest BCUT2D eigenvalue weighted by Crippen LogP contribution is 2.21. The molecule has 4 nitrogen and oxygen atoms in total. The van der Waals surface area contributed by atoms with E-state index in [1.165, 1.54) is 18.3 Å². The van der Waals surface area contributed by atoms with Crippen LogP contribution in [0.5, 0.6) is 5.75 Å². The molecule has 2 aromatic rings. The first-order chi connectivity index (χ1) is 9.58. The van der Waals surface area contributed by atoms with E-state index in [4.69, 9.17) is 11.6 Å². The van der Waals surface area contributed by atoms with Crippen LogP contribution in [0.2, 0.25) is 5.02 Å². The maximum atomic E-state index is 11.9. The van der Waals surface area contributed by atoms with Crippen LogP contribution in [0.1, 0.15) is 15.9 Å². The van der Waals surface area contributed by atoms with E-state index in [0.717, 1.165) is 0 Å². The zero-order valence-corrected chi connectivity index (χ0v) is 12.5. The van der Waals surface area contributed by atoms with Crippen molar-refractivity contribution in [2.75, 3.05) is 0 Å². The molecule has 2 aromatic carbocycles. The topological polar surface area (TPSA) is 61.7 Å². The van der Waals surface area contributed by atoms with Gasteiger partial charge in [-0.25, -0.2) is 5.43 Å². The monoisotopic (exact) mass is 352 g/mol. The van der Waals surface area contributed by atoms with Gasteiger partial charge in [0.15, 0.2) is 0 Å². The average molecular weight is 354 g/mol. The normalized spacial score (nSPS) is 10.7. The number of nitrogens with zero attached hydrogens (tertiary/aromatic N) is 1. The zero-order chi connectivity index (χ0) is 14.5. The zero-order valence-electron chi connectivity index (χ0n) is 10.2. The number of carbonyl (C=O) groups excluding carboxylic acids is 1. The molecule has 0 saturated carbocycles. The molecule has 0 aromatic heterocycles. The molecule has 0 aliphatic carbocycles. The van der Waals surface area contributed by atoms with Gasteiger partial charge in [-0.1, -0.05) is 23.7 Å². The second-order valence-electron chi connectivity index (χ2n) is 3.88. The van der Waals surface area contributed by atoms with Gasteiger partial charge >= 0.3 is 0 Å². The Balaban J connectivity index is 2.09. The predicted molar refractivity (Wildman–Crippen MR) is 82.3 cm³/mol. The number of hydrazone groups is 1. The molecule has 20 heavy (non-hydrogen) atoms. The van der Waals surface area contributed by atoms with E-state index in [1.54, 1.807) is 30.3 Å². The van der Waals surface area contributed by atoms with Gasteiger partial charge in [-0.3, -0.25) is 4.79 Å². The Morgan fingerprint density at radius 1 is 1.30 bits per heavy atom. The van der Waals surface area contributed by atoms with Gasteiger partial charge < -0.3 is 5.11 Å². The van der Waals surface area contributed by atoms with Crippen molar-refractivity contribution >= 4 is 39.7 Å². The Kier molecular flexibility index (Phi) is 4.76. The van der Waals surface area contributed by atoms with E-state index in [1.807, 2.05) is 0 Å². The first-order valence-corrected chi connectivity index (χ1v) is 6.81. The number of amides is 1. The summed E-state index contributed by atoms with van der Waals surface area (Å²) in [6, 6.07) is 11.6. The summed E-state index contributed by atoms with van der Waals surface area (Å²) >= 11 is 9.11. The van der Waals surface area contributed by atoms with Crippen molar-refractivity contribution in [2.24, 2.45) is 5.10 Å². The first-order valence-electron chi connectivity index (χ1n) is 5.64. The van der Waals surface area contributed by atoms with Crippen molar-refractivity contribution in [3.05, 3.63) is 63.1 Å². The summed E-state index contributed by atoms with van der Waals surface area (Å²) in [7, 11) is 0. The molecule has 0 heterocycles. The predicted octanol–water partition coefficient (Wildman–Crippen LogP) is 3.57. The van der Waals surface area contributed by atoms with Crippen LogP contribution in [0.4, 0.5) is 0 Å². The van der Waals surface area contributed by atoms with Crippen LogP contribution >= 0.6 is 27.5 Å². The second kappa shape index (κ2) is 6.54. The lowest BCUT2D eigenvalue weighted by Crippen LogP contribution is -2.18. The maximum absolute atomic E-state index is 11.9. The Labute approximate surface area is 129 Å². The summed E-state index contributed by atoms with van der Waals surface area (Å²) < 4.78 is 0.622. The smallest absolute Gasteiger partial charge is 0.272 e. The number of para-hydroxylation sites is 1. The number of hydrogen-bond acceptors (Lipinski definition) is 3. The van der Waals surface area contributed by atoms with Crippen molar-refractivity contribution in [3.63, 3.8) is 0 Å². The molecular weight excluding hydrogens is 344 g/mol. The molecule has 102 valence electrons. The number of nitrogens with one attached hydrogen (secondary N) is 1. The third-order valence-electron chi connectivity index (χ3n) is 2.48. The van der Waals surface area contributed by atoms with E-state index in [0.29, 0.717) is 20.6 Å². The van der Waals surface area contributed by atoms with Gasteiger partial charge in [-0.05, 0) is 46.3 Å². The first kappa shape index (κ1) is 14.6. The summed E-state index contributed by atoms with van der Waals surface area (Å²) in [4.78, 5) is 11.9. The van der Waals surface area contributed by atoms with Gasteiger partial charge in [0.05, 0.1) is 11.8 Å². The molecule has 2 rings (SSSR count). The second-order valence-corrected chi connectivity index (χ2v) is 5.17. The molecule has 2 N–H and O–H groups in total. The van der Waals surface area contributed by atoms with Gasteiger partial charge in [0.1, 0.15) is 5.75 Å². The van der Waals surface area contributed by atoms with Crippen molar-refractivity contribution in [2.45, 2.75) is 0 Å². The highest BCUT2D eigenvalue weighted by atomic mass is 79.9. The standard InChI is InChI=1S/C14H10BrClN2O2/c15-12-6-5-10(16)7-11(12)14(20)18-17-8-9-3-1-2-4-13(9)19/h1-8,19H,(H,18,20)/b17-8+. The number of rotatable bonds is 3. The van der Waals surface area contributed by atoms with Gasteiger partial charge in [0.25, 0.3) is 5.91 Å². The molecule has 0 fully saturated rings. The molecule has 0 radical (unpaired) electrons. The molecule has 6 heteroatoms. The third kappa shape index (κ3) is 3.59. The lowest BCUT2D eigenvalue weighted by molar-refractivity contribution is 0.0954. The van der Waals surface area contributed by atoms with Crippen molar-refractivity contribution < 1.29 is 9.90 Å². The number of benzene rings is 2. The summed E-state index contributed by atoms with van der Waals surface area (Å²) in [5, 5.41) is 13.8. The van der Waals surface area contributed by atoms with E-state index < -0.39 is 5.91 Å². The Hall–Kier alpha value is -1.85. The van der Waals surface area contributed by atoms with E-state index >= 15 is 0 Å². The lowest BCUT2D eigenvalue weighted by atomic mass is 10.2. The fourth-order valence-electron chi connectivity index (χ4n) is 1.49. The molecule has 0 aliphatic heterocycles. The Morgan fingerprint density at radius 2 is 2.05 bits per heavy atom. The molecule has 0 spiro atoms. The number of phenols is 1. The van der Waals surface area contributed by atoms with E-state index in [9.17, 15) is 9.90 Å². The van der Waals surface area contributed by atoms with E-state index in [2.05, 4.69) is 26.5 Å². The van der Waals surface area contributed by atoms with Crippen molar-refractivity contribution in [1.82, 2.24) is 5.43 Å². The number of carbonyl (C=O) groups is 1. The number of phenolic OH excluding ortho intramolecular Hbond substituents is 1. The summed E-state index contributed by atoms with van der Waals surface area (Å²) in [6.07, 6.45) is 1.37. The highest BCUT2D eigenvalue weighted by molar-refractivity contribution is 9.10. The van der Waals surface area contributed by atoms with Crippen LogP contribution in [0.25, 0.3) is 0 Å². The lowest BCUT2D eigenvalue weighted by Gasteiger charge is -2.03. The summed E-state index contributed by atoms with van der Waals surface area (Å²) in [5.41, 5.74) is 3.27. The number of hydrogen-bond donors (Lipinski definition) is 2. The molecule has 0 aliphatic rings. The Morgan fingerprint density at radius 3 is 2.80 bits per heavy atom. The van der Waals surface area contributed by atoms with Crippen LogP contribution in [0, 0.1) is 0 Å². The van der Waals surface area contributed by atoms with Crippen LogP contribution in [0.15, 0.2) is 52.0 Å². The fourth-order valence-corrected chi connectivity index (χ4v) is 2.09. The summed E-state index contributed by atoms with van der Waals surface area (Å²) in [6.45, 7) is 0. The van der Waals surface area contributed by atoms with Crippen molar-refractivity contribution in [3.8, 4) is 5.75 Å². The van der Waals surface area contributed by atoms with Gasteiger partial charge in [0.2, 0.25) is 0 Å². The minimum atomic E-state index is -0.397. The van der Waals surface area contributed by atoms with Gasteiger partial charge in [-0.15, -0.1) is 0 Å². The fraction of sp³-hybridized carbons (Fsp3) is 0. The molecule has 0 bridgehead atoms. The number of halogens is 2. The average Bonchev–Trinajstić information content (AvgIpc) is 2.43. The van der Waals surface area contributed by atoms with Crippen LogP contribution in [-0.2, 0) is 0 Å². The quantitative estimate of drug-likeness (QED) is 0.654. The molecule has 0 saturated heterocycles. The van der Waals surface area contributed by atoms with Crippen LogP contribution < -0.4 is 5.43 Å². The minimum absolute atomic E-state index is 0.0921. The van der Waals surface area contributed by atoms with Crippen molar-refractivity contribution in [1.29, 1.82) is 0 Å². The number of aromatic hydroxyl groups is 1. The molecule has 0 atom stereocenters. The van der Waals surface area contributed by atoms with Crippen LogP contribution in [0.3, 0.4) is 0 Å². The third-order valence-corrected chi connectivity index (χ3v) is 3.41. The summed E-state index contributed by atoms with van der Waals surface area (Å²) in [5.74, 6) is -0.305. The molecular formula is C14H10BrClN2O2. The van der Waals surface area contributed by atoms with Gasteiger partial charge in [-0.2, -0.15) is 5.10 Å². The molecule has 1 amide bonds. The molecule has 0 unspecified atom stereocenters. The SMILES string of the molecule is O=C(N/N=C/c1ccccc1O)c1cc(Cl)ccc1Br. The maximum Gasteiger partial charge on any atom is 0.272 e. The van der Waals surface area contributed by atoms with Gasteiger partial charge in [0, 0.05) is 15.1 Å². The Bertz CT molecular complexity index is 674. The van der Waals surface area contributed by atoms with E-state index in [-0.39, 0.29) is 5.75 Å². The van der Waals surface area contributed by atoms with Crippen LogP contribution in [-0.4, -0.2) is 17.2 Å².